The van der Waals surface area contributed by atoms with Gasteiger partial charge in [0.15, 0.2) is 0 Å². The zero-order chi connectivity index (χ0) is 11.8. The SMILES string of the molecule is O=C1CCCc2cc(S(=O)(=O)F)ccc2N1. The normalized spacial score (nSPS) is 16.2. The second-order valence-corrected chi connectivity index (χ2v) is 5.01. The summed E-state index contributed by atoms with van der Waals surface area (Å²) in [4.78, 5) is 10.9. The number of benzene rings is 1. The van der Waals surface area contributed by atoms with Crippen LogP contribution in [0.2, 0.25) is 0 Å². The van der Waals surface area contributed by atoms with Crippen molar-refractivity contribution < 1.29 is 17.1 Å². The molecule has 1 aromatic carbocycles. The summed E-state index contributed by atoms with van der Waals surface area (Å²) < 4.78 is 34.2. The fourth-order valence-corrected chi connectivity index (χ4v) is 2.22. The van der Waals surface area contributed by atoms with Crippen LogP contribution in [-0.2, 0) is 21.4 Å². The van der Waals surface area contributed by atoms with Gasteiger partial charge in [-0.15, -0.1) is 3.89 Å². The first-order valence-corrected chi connectivity index (χ1v) is 6.22. The van der Waals surface area contributed by atoms with Gasteiger partial charge in [-0.2, -0.15) is 8.42 Å². The Morgan fingerprint density at radius 1 is 1.25 bits per heavy atom. The molecule has 0 aliphatic carbocycles. The number of carbonyl (C=O) groups is 1. The molecule has 0 radical (unpaired) electrons. The quantitative estimate of drug-likeness (QED) is 0.762. The minimum Gasteiger partial charge on any atom is -0.326 e. The Labute approximate surface area is 92.7 Å². The molecule has 6 heteroatoms. The predicted molar refractivity (Wildman–Crippen MR) is 56.3 cm³/mol. The second-order valence-electron chi connectivity index (χ2n) is 3.66. The van der Waals surface area contributed by atoms with Crippen molar-refractivity contribution in [3.8, 4) is 0 Å². The minimum atomic E-state index is -4.67. The molecule has 0 saturated carbocycles. The van der Waals surface area contributed by atoms with E-state index in [2.05, 4.69) is 5.32 Å². The van der Waals surface area contributed by atoms with Crippen molar-refractivity contribution in [1.29, 1.82) is 0 Å². The van der Waals surface area contributed by atoms with Gasteiger partial charge in [-0.1, -0.05) is 0 Å². The Bertz CT molecular complexity index is 539. The van der Waals surface area contributed by atoms with E-state index in [1.54, 1.807) is 0 Å². The molecule has 0 bridgehead atoms. The van der Waals surface area contributed by atoms with E-state index in [4.69, 9.17) is 0 Å². The average molecular weight is 243 g/mol. The number of aryl methyl sites for hydroxylation is 1. The van der Waals surface area contributed by atoms with Crippen LogP contribution in [0, 0.1) is 0 Å². The van der Waals surface area contributed by atoms with E-state index in [9.17, 15) is 17.1 Å². The Morgan fingerprint density at radius 3 is 2.69 bits per heavy atom. The first kappa shape index (κ1) is 11.1. The van der Waals surface area contributed by atoms with Crippen LogP contribution in [0.15, 0.2) is 23.1 Å². The molecule has 86 valence electrons. The molecule has 0 saturated heterocycles. The molecule has 0 aromatic heterocycles. The van der Waals surface area contributed by atoms with Crippen LogP contribution in [0.4, 0.5) is 9.57 Å². The Morgan fingerprint density at radius 2 is 2.00 bits per heavy atom. The number of halogens is 1. The van der Waals surface area contributed by atoms with Gasteiger partial charge in [-0.05, 0) is 36.6 Å². The van der Waals surface area contributed by atoms with Gasteiger partial charge in [-0.25, -0.2) is 0 Å². The van der Waals surface area contributed by atoms with Crippen molar-refractivity contribution in [2.45, 2.75) is 24.2 Å². The number of hydrogen-bond donors (Lipinski definition) is 1. The molecular formula is C10H10FNO3S. The lowest BCUT2D eigenvalue weighted by atomic mass is 10.1. The summed E-state index contributed by atoms with van der Waals surface area (Å²) in [6, 6.07) is 3.85. The molecule has 1 aliphatic rings. The summed E-state index contributed by atoms with van der Waals surface area (Å²) >= 11 is 0. The van der Waals surface area contributed by atoms with Crippen LogP contribution >= 0.6 is 0 Å². The lowest BCUT2D eigenvalue weighted by Crippen LogP contribution is -2.09. The molecular weight excluding hydrogens is 233 g/mol. The first-order chi connectivity index (χ1) is 7.47. The topological polar surface area (TPSA) is 63.2 Å². The number of amides is 1. The molecule has 2 rings (SSSR count). The van der Waals surface area contributed by atoms with Crippen LogP contribution in [0.1, 0.15) is 18.4 Å². The van der Waals surface area contributed by atoms with E-state index in [0.29, 0.717) is 30.5 Å². The maximum Gasteiger partial charge on any atom is 0.332 e. The zero-order valence-corrected chi connectivity index (χ0v) is 9.18. The zero-order valence-electron chi connectivity index (χ0n) is 8.36. The molecule has 0 spiro atoms. The fourth-order valence-electron chi connectivity index (χ4n) is 1.70. The predicted octanol–water partition coefficient (Wildman–Crippen LogP) is 1.62. The van der Waals surface area contributed by atoms with E-state index >= 15 is 0 Å². The number of nitrogens with one attached hydrogen (secondary N) is 1. The van der Waals surface area contributed by atoms with Gasteiger partial charge >= 0.3 is 10.2 Å². The molecule has 0 fully saturated rings. The first-order valence-electron chi connectivity index (χ1n) is 4.84. The van der Waals surface area contributed by atoms with Crippen LogP contribution in [0.25, 0.3) is 0 Å². The van der Waals surface area contributed by atoms with Gasteiger partial charge < -0.3 is 5.32 Å². The minimum absolute atomic E-state index is 0.102. The highest BCUT2D eigenvalue weighted by Gasteiger charge is 2.17. The van der Waals surface area contributed by atoms with Gasteiger partial charge in [0, 0.05) is 12.1 Å². The van der Waals surface area contributed by atoms with Crippen molar-refractivity contribution in [3.05, 3.63) is 23.8 Å². The molecule has 1 amide bonds. The van der Waals surface area contributed by atoms with Crippen molar-refractivity contribution in [2.24, 2.45) is 0 Å². The highest BCUT2D eigenvalue weighted by Crippen LogP contribution is 2.25. The van der Waals surface area contributed by atoms with E-state index in [0.717, 1.165) is 6.07 Å². The summed E-state index contributed by atoms with van der Waals surface area (Å²) in [5.41, 5.74) is 1.22. The number of carbonyl (C=O) groups excluding carboxylic acids is 1. The maximum absolute atomic E-state index is 12.8. The third-order valence-corrected chi connectivity index (χ3v) is 3.30. The fraction of sp³-hybridized carbons (Fsp3) is 0.300. The summed E-state index contributed by atoms with van der Waals surface area (Å²) in [6.07, 6.45) is 1.60. The van der Waals surface area contributed by atoms with Crippen molar-refractivity contribution >= 4 is 21.8 Å². The molecule has 16 heavy (non-hydrogen) atoms. The lowest BCUT2D eigenvalue weighted by Gasteiger charge is -2.06. The van der Waals surface area contributed by atoms with Crippen LogP contribution in [0.5, 0.6) is 0 Å². The molecule has 1 aromatic rings. The van der Waals surface area contributed by atoms with Crippen molar-refractivity contribution in [1.82, 2.24) is 0 Å². The van der Waals surface area contributed by atoms with Crippen molar-refractivity contribution in [2.75, 3.05) is 5.32 Å². The molecule has 0 atom stereocenters. The largest absolute Gasteiger partial charge is 0.332 e. The summed E-state index contributed by atoms with van der Waals surface area (Å²) in [5.74, 6) is -0.102. The van der Waals surface area contributed by atoms with Crippen LogP contribution < -0.4 is 5.32 Å². The number of rotatable bonds is 1. The van der Waals surface area contributed by atoms with E-state index in [1.807, 2.05) is 0 Å². The summed E-state index contributed by atoms with van der Waals surface area (Å²) in [6.45, 7) is 0. The average Bonchev–Trinajstić information content (AvgIpc) is 2.35. The molecule has 0 unspecified atom stereocenters. The monoisotopic (exact) mass is 243 g/mol. The maximum atomic E-state index is 12.8. The van der Waals surface area contributed by atoms with Gasteiger partial charge in [0.05, 0.1) is 4.90 Å². The Hall–Kier alpha value is -1.43. The van der Waals surface area contributed by atoms with Crippen LogP contribution in [0.3, 0.4) is 0 Å². The van der Waals surface area contributed by atoms with Gasteiger partial charge in [0.25, 0.3) is 0 Å². The second kappa shape index (κ2) is 3.86. The van der Waals surface area contributed by atoms with Gasteiger partial charge in [0.1, 0.15) is 0 Å². The third kappa shape index (κ3) is 2.21. The molecule has 4 nitrogen and oxygen atoms in total. The molecule has 1 aliphatic heterocycles. The smallest absolute Gasteiger partial charge is 0.326 e. The highest BCUT2D eigenvalue weighted by atomic mass is 32.3. The van der Waals surface area contributed by atoms with E-state index in [-0.39, 0.29) is 10.8 Å². The Kier molecular flexibility index (Phi) is 2.67. The number of hydrogen-bond acceptors (Lipinski definition) is 3. The molecule has 1 N–H and O–H groups in total. The van der Waals surface area contributed by atoms with Crippen molar-refractivity contribution in [3.63, 3.8) is 0 Å². The van der Waals surface area contributed by atoms with Gasteiger partial charge in [-0.3, -0.25) is 4.79 Å². The van der Waals surface area contributed by atoms with Gasteiger partial charge in [0.2, 0.25) is 5.91 Å². The Balaban J connectivity index is 2.47. The van der Waals surface area contributed by atoms with E-state index in [1.165, 1.54) is 12.1 Å². The van der Waals surface area contributed by atoms with Crippen LogP contribution in [-0.4, -0.2) is 14.3 Å². The summed E-state index contributed by atoms with van der Waals surface area (Å²) in [5, 5.41) is 2.64. The highest BCUT2D eigenvalue weighted by molar-refractivity contribution is 7.86. The number of fused-ring (bicyclic) bond motifs is 1. The summed E-state index contributed by atoms with van der Waals surface area (Å²) in [7, 11) is -4.67. The molecule has 1 heterocycles. The van der Waals surface area contributed by atoms with E-state index < -0.39 is 10.2 Å². The standard InChI is InChI=1S/C10H10FNO3S/c11-16(14,15)8-4-5-9-7(6-8)2-1-3-10(13)12-9/h4-6H,1-3H2,(H,12,13). The number of anilines is 1. The lowest BCUT2D eigenvalue weighted by molar-refractivity contribution is -0.116. The third-order valence-electron chi connectivity index (χ3n) is 2.48.